The minimum Gasteiger partial charge on any atom is -0.321 e. The maximum absolute atomic E-state index is 13.3. The second-order valence-electron chi connectivity index (χ2n) is 6.69. The van der Waals surface area contributed by atoms with Gasteiger partial charge in [0.05, 0.1) is 11.4 Å². The van der Waals surface area contributed by atoms with Gasteiger partial charge in [-0.1, -0.05) is 18.2 Å². The van der Waals surface area contributed by atoms with Gasteiger partial charge >= 0.3 is 6.18 Å². The second kappa shape index (κ2) is 7.63. The molecule has 156 valence electrons. The van der Waals surface area contributed by atoms with Gasteiger partial charge in [0.2, 0.25) is 17.8 Å². The van der Waals surface area contributed by atoms with Crippen molar-refractivity contribution in [3.63, 3.8) is 0 Å². The smallest absolute Gasteiger partial charge is 0.321 e. The fourth-order valence-electron chi connectivity index (χ4n) is 3.24. The third kappa shape index (κ3) is 3.84. The van der Waals surface area contributed by atoms with Gasteiger partial charge in [-0.25, -0.2) is 4.52 Å². The van der Waals surface area contributed by atoms with E-state index in [-0.39, 0.29) is 17.4 Å². The topological polar surface area (TPSA) is 79.6 Å². The summed E-state index contributed by atoms with van der Waals surface area (Å²) in [6, 6.07) is 7.70. The minimum absolute atomic E-state index is 0.0154. The summed E-state index contributed by atoms with van der Waals surface area (Å²) in [5, 5.41) is 6.74. The predicted molar refractivity (Wildman–Crippen MR) is 106 cm³/mol. The summed E-state index contributed by atoms with van der Waals surface area (Å²) in [6.07, 6.45) is -3.06. The van der Waals surface area contributed by atoms with Crippen molar-refractivity contribution in [2.24, 2.45) is 0 Å². The van der Waals surface area contributed by atoms with Crippen molar-refractivity contribution in [3.8, 4) is 11.1 Å². The molecule has 1 aromatic carbocycles. The highest BCUT2D eigenvalue weighted by Gasteiger charge is 2.34. The van der Waals surface area contributed by atoms with Gasteiger partial charge in [0.15, 0.2) is 5.65 Å². The number of pyridine rings is 1. The van der Waals surface area contributed by atoms with Crippen molar-refractivity contribution < 1.29 is 22.8 Å². The van der Waals surface area contributed by atoms with Crippen molar-refractivity contribution in [2.75, 3.05) is 16.9 Å². The zero-order chi connectivity index (χ0) is 21.5. The van der Waals surface area contributed by atoms with Crippen LogP contribution in [0.3, 0.4) is 0 Å². The molecule has 1 aliphatic rings. The highest BCUT2D eigenvalue weighted by molar-refractivity contribution is 7.99. The summed E-state index contributed by atoms with van der Waals surface area (Å²) in [6.45, 7) is 1.40. The number of anilines is 1. The van der Waals surface area contributed by atoms with Crippen LogP contribution in [-0.4, -0.2) is 49.0 Å². The minimum atomic E-state index is -4.49. The molecule has 1 aliphatic heterocycles. The average Bonchev–Trinajstić information content (AvgIpc) is 3.33. The van der Waals surface area contributed by atoms with E-state index in [9.17, 15) is 22.8 Å². The molecule has 0 radical (unpaired) electrons. The SMILES string of the molecule is CC(=O)N1CSC[C@H]1C(=O)Nc1nc2ccc(-c3ccccc3C(F)(F)F)cn2n1. The Morgan fingerprint density at radius 3 is 2.70 bits per heavy atom. The van der Waals surface area contributed by atoms with Crippen LogP contribution in [0.2, 0.25) is 0 Å². The van der Waals surface area contributed by atoms with E-state index < -0.39 is 23.7 Å². The molecule has 3 aromatic rings. The number of carbonyl (C=O) groups excluding carboxylic acids is 2. The number of hydrogen-bond acceptors (Lipinski definition) is 5. The lowest BCUT2D eigenvalue weighted by Crippen LogP contribution is -2.43. The molecule has 3 heterocycles. The van der Waals surface area contributed by atoms with Crippen LogP contribution in [0.1, 0.15) is 12.5 Å². The van der Waals surface area contributed by atoms with Gasteiger partial charge in [-0.3, -0.25) is 14.9 Å². The van der Waals surface area contributed by atoms with Gasteiger partial charge in [-0.15, -0.1) is 16.9 Å². The summed E-state index contributed by atoms with van der Waals surface area (Å²) in [5.74, 6) is 0.317. The summed E-state index contributed by atoms with van der Waals surface area (Å²) < 4.78 is 41.3. The van der Waals surface area contributed by atoms with Gasteiger partial charge in [-0.05, 0) is 23.8 Å². The van der Waals surface area contributed by atoms with Crippen molar-refractivity contribution in [3.05, 3.63) is 48.2 Å². The van der Waals surface area contributed by atoms with Crippen LogP contribution in [-0.2, 0) is 15.8 Å². The molecule has 1 fully saturated rings. The number of alkyl halides is 3. The van der Waals surface area contributed by atoms with Crippen LogP contribution in [0.15, 0.2) is 42.6 Å². The maximum atomic E-state index is 13.3. The Kier molecular flexibility index (Phi) is 5.14. The van der Waals surface area contributed by atoms with Crippen LogP contribution < -0.4 is 5.32 Å². The zero-order valence-electron chi connectivity index (χ0n) is 15.7. The lowest BCUT2D eigenvalue weighted by molar-refractivity contribution is -0.137. The molecule has 11 heteroatoms. The average molecular weight is 435 g/mol. The third-order valence-corrected chi connectivity index (χ3v) is 5.71. The van der Waals surface area contributed by atoms with Crippen LogP contribution >= 0.6 is 11.8 Å². The Bertz CT molecular complexity index is 1130. The maximum Gasteiger partial charge on any atom is 0.417 e. The number of amides is 2. The number of aromatic nitrogens is 3. The fourth-order valence-corrected chi connectivity index (χ4v) is 4.46. The Hall–Kier alpha value is -3.08. The number of nitrogens with zero attached hydrogens (tertiary/aromatic N) is 4. The lowest BCUT2D eigenvalue weighted by Gasteiger charge is -2.20. The molecule has 0 saturated carbocycles. The van der Waals surface area contributed by atoms with E-state index in [1.54, 1.807) is 0 Å². The molecule has 0 aliphatic carbocycles. The Labute approximate surface area is 173 Å². The molecule has 1 N–H and O–H groups in total. The lowest BCUT2D eigenvalue weighted by atomic mass is 10.0. The molecule has 4 rings (SSSR count). The summed E-state index contributed by atoms with van der Waals surface area (Å²) in [4.78, 5) is 29.8. The zero-order valence-corrected chi connectivity index (χ0v) is 16.5. The van der Waals surface area contributed by atoms with E-state index in [4.69, 9.17) is 0 Å². The van der Waals surface area contributed by atoms with Gasteiger partial charge < -0.3 is 4.90 Å². The Morgan fingerprint density at radius 2 is 1.97 bits per heavy atom. The molecule has 2 aromatic heterocycles. The fraction of sp³-hybridized carbons (Fsp3) is 0.263. The highest BCUT2D eigenvalue weighted by atomic mass is 32.2. The standard InChI is InChI=1S/C19H16F3N5O2S/c1-11(28)26-10-30-9-15(26)17(29)24-18-23-16-7-6-12(8-27(16)25-18)13-4-2-3-5-14(13)19(20,21)22/h2-8,15H,9-10H2,1H3,(H,24,25,29)/t15-/m0/s1. The number of thioether (sulfide) groups is 1. The van der Waals surface area contributed by atoms with Gasteiger partial charge in [-0.2, -0.15) is 18.2 Å². The molecule has 0 bridgehead atoms. The number of hydrogen-bond donors (Lipinski definition) is 1. The quantitative estimate of drug-likeness (QED) is 0.683. The van der Waals surface area contributed by atoms with E-state index in [1.807, 2.05) is 0 Å². The van der Waals surface area contributed by atoms with Gasteiger partial charge in [0.25, 0.3) is 0 Å². The highest BCUT2D eigenvalue weighted by Crippen LogP contribution is 2.36. The number of nitrogens with one attached hydrogen (secondary N) is 1. The molecule has 1 saturated heterocycles. The summed E-state index contributed by atoms with van der Waals surface area (Å²) in [5.41, 5.74) is -0.0509. The van der Waals surface area contributed by atoms with E-state index in [1.165, 1.54) is 64.6 Å². The van der Waals surface area contributed by atoms with Crippen molar-refractivity contribution >= 4 is 35.2 Å². The van der Waals surface area contributed by atoms with Crippen LogP contribution in [0.5, 0.6) is 0 Å². The molecular formula is C19H16F3N5O2S. The first-order valence-electron chi connectivity index (χ1n) is 8.93. The second-order valence-corrected chi connectivity index (χ2v) is 7.69. The number of benzene rings is 1. The van der Waals surface area contributed by atoms with Crippen molar-refractivity contribution in [2.45, 2.75) is 19.1 Å². The van der Waals surface area contributed by atoms with E-state index in [2.05, 4.69) is 15.4 Å². The van der Waals surface area contributed by atoms with Crippen molar-refractivity contribution in [1.82, 2.24) is 19.5 Å². The van der Waals surface area contributed by atoms with E-state index in [0.717, 1.165) is 6.07 Å². The molecule has 1 atom stereocenters. The van der Waals surface area contributed by atoms with E-state index in [0.29, 0.717) is 22.8 Å². The first-order valence-corrected chi connectivity index (χ1v) is 10.1. The molecule has 30 heavy (non-hydrogen) atoms. The molecule has 7 nitrogen and oxygen atoms in total. The molecule has 0 spiro atoms. The van der Waals surface area contributed by atoms with Crippen LogP contribution in [0.4, 0.5) is 19.1 Å². The number of halogens is 3. The molecule has 0 unspecified atom stereocenters. The van der Waals surface area contributed by atoms with Gasteiger partial charge in [0.1, 0.15) is 6.04 Å². The van der Waals surface area contributed by atoms with E-state index >= 15 is 0 Å². The predicted octanol–water partition coefficient (Wildman–Crippen LogP) is 3.28. The Morgan fingerprint density at radius 1 is 1.20 bits per heavy atom. The first kappa shape index (κ1) is 20.2. The monoisotopic (exact) mass is 435 g/mol. The molecular weight excluding hydrogens is 419 g/mol. The largest absolute Gasteiger partial charge is 0.417 e. The number of fused-ring (bicyclic) bond motifs is 1. The molecule has 2 amide bonds. The van der Waals surface area contributed by atoms with Crippen LogP contribution in [0, 0.1) is 0 Å². The third-order valence-electron chi connectivity index (χ3n) is 4.70. The number of carbonyl (C=O) groups is 2. The first-order chi connectivity index (χ1) is 14.2. The van der Waals surface area contributed by atoms with Gasteiger partial charge in [0, 0.05) is 24.4 Å². The summed E-state index contributed by atoms with van der Waals surface area (Å²) in [7, 11) is 0. The van der Waals surface area contributed by atoms with Crippen LogP contribution in [0.25, 0.3) is 16.8 Å². The number of rotatable bonds is 3. The Balaban J connectivity index is 1.61. The summed E-state index contributed by atoms with van der Waals surface area (Å²) >= 11 is 1.47. The normalized spacial score (nSPS) is 16.8. The van der Waals surface area contributed by atoms with Crippen molar-refractivity contribution in [1.29, 1.82) is 0 Å².